The standard InChI is InChI=1S/C23H23BrN2O5S/c1-4-30-19-11-15(5-10-18(19)31-14(2)3)12-20-22(28)26(23(29)32-20)13-21(27)25-17-8-6-16(24)7-9-17/h5-12,14H,4,13H2,1-3H3,(H,25,27)/b20-12+. The molecule has 0 aliphatic carbocycles. The second-order valence-electron chi connectivity index (χ2n) is 7.13. The Morgan fingerprint density at radius 3 is 2.53 bits per heavy atom. The van der Waals surface area contributed by atoms with Gasteiger partial charge in [-0.15, -0.1) is 0 Å². The lowest BCUT2D eigenvalue weighted by molar-refractivity contribution is -0.127. The van der Waals surface area contributed by atoms with E-state index in [9.17, 15) is 14.4 Å². The van der Waals surface area contributed by atoms with Crippen molar-refractivity contribution in [1.82, 2.24) is 4.90 Å². The number of imide groups is 1. The number of hydrogen-bond donors (Lipinski definition) is 1. The molecule has 1 saturated heterocycles. The third-order valence-corrected chi connectivity index (χ3v) is 5.67. The van der Waals surface area contributed by atoms with Gasteiger partial charge in [-0.3, -0.25) is 19.3 Å². The van der Waals surface area contributed by atoms with E-state index >= 15 is 0 Å². The van der Waals surface area contributed by atoms with Crippen LogP contribution < -0.4 is 14.8 Å². The summed E-state index contributed by atoms with van der Waals surface area (Å²) in [6.07, 6.45) is 1.60. The second-order valence-corrected chi connectivity index (χ2v) is 9.04. The number of carbonyl (C=O) groups excluding carboxylic acids is 3. The van der Waals surface area contributed by atoms with E-state index in [0.717, 1.165) is 21.1 Å². The predicted octanol–water partition coefficient (Wildman–Crippen LogP) is 5.31. The summed E-state index contributed by atoms with van der Waals surface area (Å²) in [5.41, 5.74) is 1.27. The highest BCUT2D eigenvalue weighted by Gasteiger charge is 2.36. The van der Waals surface area contributed by atoms with Gasteiger partial charge in [0.1, 0.15) is 6.54 Å². The molecule has 0 radical (unpaired) electrons. The normalized spacial score (nSPS) is 14.9. The van der Waals surface area contributed by atoms with Crippen LogP contribution in [0.1, 0.15) is 26.3 Å². The van der Waals surface area contributed by atoms with Crippen LogP contribution in [0.25, 0.3) is 6.08 Å². The Labute approximate surface area is 199 Å². The van der Waals surface area contributed by atoms with Crippen LogP contribution in [0.5, 0.6) is 11.5 Å². The Morgan fingerprint density at radius 2 is 1.88 bits per heavy atom. The molecule has 0 saturated carbocycles. The molecule has 1 aliphatic heterocycles. The van der Waals surface area contributed by atoms with Gasteiger partial charge in [0, 0.05) is 10.2 Å². The summed E-state index contributed by atoms with van der Waals surface area (Å²) < 4.78 is 12.3. The number of carbonyl (C=O) groups is 3. The summed E-state index contributed by atoms with van der Waals surface area (Å²) >= 11 is 4.13. The zero-order valence-corrected chi connectivity index (χ0v) is 20.3. The molecule has 1 N–H and O–H groups in total. The summed E-state index contributed by atoms with van der Waals surface area (Å²) in [4.78, 5) is 38.6. The van der Waals surface area contributed by atoms with Gasteiger partial charge in [0.2, 0.25) is 5.91 Å². The van der Waals surface area contributed by atoms with Crippen LogP contribution in [0.3, 0.4) is 0 Å². The van der Waals surface area contributed by atoms with E-state index < -0.39 is 17.1 Å². The van der Waals surface area contributed by atoms with E-state index in [0.29, 0.717) is 29.4 Å². The molecule has 2 aromatic rings. The maximum absolute atomic E-state index is 12.7. The van der Waals surface area contributed by atoms with Crippen LogP contribution in [-0.4, -0.2) is 41.2 Å². The highest BCUT2D eigenvalue weighted by Crippen LogP contribution is 2.35. The zero-order chi connectivity index (χ0) is 23.3. The third kappa shape index (κ3) is 6.14. The minimum absolute atomic E-state index is 0.0138. The van der Waals surface area contributed by atoms with Crippen molar-refractivity contribution < 1.29 is 23.9 Å². The fraction of sp³-hybridized carbons (Fsp3) is 0.261. The Balaban J connectivity index is 1.72. The number of nitrogens with zero attached hydrogens (tertiary/aromatic N) is 1. The smallest absolute Gasteiger partial charge is 0.294 e. The van der Waals surface area contributed by atoms with E-state index in [2.05, 4.69) is 21.2 Å². The van der Waals surface area contributed by atoms with Crippen molar-refractivity contribution >= 4 is 56.5 Å². The van der Waals surface area contributed by atoms with E-state index in [4.69, 9.17) is 9.47 Å². The van der Waals surface area contributed by atoms with Crippen molar-refractivity contribution in [3.05, 3.63) is 57.4 Å². The van der Waals surface area contributed by atoms with Gasteiger partial charge >= 0.3 is 0 Å². The molecule has 32 heavy (non-hydrogen) atoms. The van der Waals surface area contributed by atoms with Gasteiger partial charge in [-0.2, -0.15) is 0 Å². The average Bonchev–Trinajstić information content (AvgIpc) is 2.99. The highest BCUT2D eigenvalue weighted by molar-refractivity contribution is 9.10. The maximum Gasteiger partial charge on any atom is 0.294 e. The lowest BCUT2D eigenvalue weighted by atomic mass is 10.1. The van der Waals surface area contributed by atoms with Gasteiger partial charge < -0.3 is 14.8 Å². The van der Waals surface area contributed by atoms with Crippen LogP contribution in [0, 0.1) is 0 Å². The SMILES string of the molecule is CCOc1cc(/C=C2/SC(=O)N(CC(=O)Nc3ccc(Br)cc3)C2=O)ccc1OC(C)C. The number of benzene rings is 2. The average molecular weight is 519 g/mol. The van der Waals surface area contributed by atoms with Gasteiger partial charge in [0.25, 0.3) is 11.1 Å². The number of anilines is 1. The molecule has 3 amide bonds. The zero-order valence-electron chi connectivity index (χ0n) is 17.9. The Bertz CT molecular complexity index is 1050. The van der Waals surface area contributed by atoms with Gasteiger partial charge in [0.15, 0.2) is 11.5 Å². The molecular weight excluding hydrogens is 496 g/mol. The molecule has 1 aliphatic rings. The molecule has 0 unspecified atom stereocenters. The topological polar surface area (TPSA) is 84.9 Å². The van der Waals surface area contributed by atoms with Crippen LogP contribution in [0.15, 0.2) is 51.8 Å². The van der Waals surface area contributed by atoms with Crippen molar-refractivity contribution in [2.45, 2.75) is 26.9 Å². The summed E-state index contributed by atoms with van der Waals surface area (Å²) in [7, 11) is 0. The van der Waals surface area contributed by atoms with Crippen molar-refractivity contribution in [1.29, 1.82) is 0 Å². The number of thioether (sulfide) groups is 1. The number of nitrogens with one attached hydrogen (secondary N) is 1. The van der Waals surface area contributed by atoms with Crippen LogP contribution >= 0.6 is 27.7 Å². The van der Waals surface area contributed by atoms with Crippen molar-refractivity contribution in [3.8, 4) is 11.5 Å². The summed E-state index contributed by atoms with van der Waals surface area (Å²) in [5, 5.41) is 2.19. The van der Waals surface area contributed by atoms with Crippen LogP contribution in [0.2, 0.25) is 0 Å². The first-order valence-corrected chi connectivity index (χ1v) is 11.6. The van der Waals surface area contributed by atoms with Crippen LogP contribution in [0.4, 0.5) is 10.5 Å². The molecule has 0 aromatic heterocycles. The Hall–Kier alpha value is -2.78. The first kappa shape index (κ1) is 23.9. The second kappa shape index (κ2) is 10.7. The van der Waals surface area contributed by atoms with E-state index in [1.165, 1.54) is 0 Å². The number of halogens is 1. The van der Waals surface area contributed by atoms with E-state index in [-0.39, 0.29) is 17.6 Å². The molecular formula is C23H23BrN2O5S. The molecule has 3 rings (SSSR count). The third-order valence-electron chi connectivity index (χ3n) is 4.23. The molecule has 0 bridgehead atoms. The van der Waals surface area contributed by atoms with E-state index in [1.54, 1.807) is 48.5 Å². The van der Waals surface area contributed by atoms with Crippen molar-refractivity contribution in [2.24, 2.45) is 0 Å². The molecule has 2 aromatic carbocycles. The first-order chi connectivity index (χ1) is 15.3. The number of hydrogen-bond acceptors (Lipinski definition) is 6. The van der Waals surface area contributed by atoms with Gasteiger partial charge in [0.05, 0.1) is 17.6 Å². The van der Waals surface area contributed by atoms with Gasteiger partial charge in [-0.25, -0.2) is 0 Å². The van der Waals surface area contributed by atoms with Gasteiger partial charge in [-0.1, -0.05) is 22.0 Å². The Morgan fingerprint density at radius 1 is 1.16 bits per heavy atom. The fourth-order valence-electron chi connectivity index (χ4n) is 2.90. The monoisotopic (exact) mass is 518 g/mol. The molecule has 168 valence electrons. The first-order valence-electron chi connectivity index (χ1n) is 10.0. The molecule has 0 atom stereocenters. The molecule has 9 heteroatoms. The van der Waals surface area contributed by atoms with Crippen molar-refractivity contribution in [3.63, 3.8) is 0 Å². The summed E-state index contributed by atoms with van der Waals surface area (Å²) in [6, 6.07) is 12.3. The minimum atomic E-state index is -0.508. The highest BCUT2D eigenvalue weighted by atomic mass is 79.9. The summed E-state index contributed by atoms with van der Waals surface area (Å²) in [6.45, 7) is 5.82. The molecule has 0 spiro atoms. The van der Waals surface area contributed by atoms with Gasteiger partial charge in [-0.05, 0) is 80.6 Å². The number of rotatable bonds is 8. The van der Waals surface area contributed by atoms with E-state index in [1.807, 2.05) is 20.8 Å². The lowest BCUT2D eigenvalue weighted by Gasteiger charge is -2.15. The lowest BCUT2D eigenvalue weighted by Crippen LogP contribution is -2.36. The molecule has 7 nitrogen and oxygen atoms in total. The predicted molar refractivity (Wildman–Crippen MR) is 129 cm³/mol. The quantitative estimate of drug-likeness (QED) is 0.476. The van der Waals surface area contributed by atoms with Crippen molar-refractivity contribution in [2.75, 3.05) is 18.5 Å². The largest absolute Gasteiger partial charge is 0.490 e. The minimum Gasteiger partial charge on any atom is -0.490 e. The maximum atomic E-state index is 12.7. The molecule has 1 heterocycles. The van der Waals surface area contributed by atoms with Crippen LogP contribution in [-0.2, 0) is 9.59 Å². The molecule has 1 fully saturated rings. The summed E-state index contributed by atoms with van der Waals surface area (Å²) in [5.74, 6) is 0.205. The Kier molecular flexibility index (Phi) is 7.98. The fourth-order valence-corrected chi connectivity index (χ4v) is 4.00. The number of ether oxygens (including phenoxy) is 2. The number of amides is 3.